The van der Waals surface area contributed by atoms with Gasteiger partial charge in [0.25, 0.3) is 0 Å². The number of allylic oxidation sites excluding steroid dienone is 12. The first-order valence-electron chi connectivity index (χ1n) is 29.7. The number of aliphatic hydroxyl groups is 2. The van der Waals surface area contributed by atoms with Crippen LogP contribution >= 0.6 is 0 Å². The number of hydrogen-bond acceptors (Lipinski definition) is 5. The highest BCUT2D eigenvalue weighted by molar-refractivity contribution is 5.77. The van der Waals surface area contributed by atoms with E-state index in [1.807, 2.05) is 0 Å². The number of unbranched alkanes of at least 4 members (excludes halogenated alkanes) is 29. The second-order valence-electron chi connectivity index (χ2n) is 20.0. The van der Waals surface area contributed by atoms with Crippen molar-refractivity contribution in [2.75, 3.05) is 6.61 Å². The van der Waals surface area contributed by atoms with Gasteiger partial charge in [0, 0.05) is 6.42 Å². The van der Waals surface area contributed by atoms with Crippen molar-refractivity contribution in [3.05, 3.63) is 72.9 Å². The Morgan fingerprint density at radius 2 is 0.739 bits per heavy atom. The van der Waals surface area contributed by atoms with Crippen LogP contribution in [0, 0.1) is 0 Å². The lowest BCUT2D eigenvalue weighted by Gasteiger charge is -2.24. The highest BCUT2D eigenvalue weighted by atomic mass is 16.5. The van der Waals surface area contributed by atoms with Crippen molar-refractivity contribution in [1.29, 1.82) is 0 Å². The number of carbonyl (C=O) groups is 2. The van der Waals surface area contributed by atoms with Crippen LogP contribution in [0.5, 0.6) is 0 Å². The van der Waals surface area contributed by atoms with Crippen molar-refractivity contribution in [1.82, 2.24) is 5.32 Å². The third-order valence-electron chi connectivity index (χ3n) is 13.3. The Balaban J connectivity index is 4.65. The predicted molar refractivity (Wildman–Crippen MR) is 301 cm³/mol. The maximum absolute atomic E-state index is 13.3. The fourth-order valence-electron chi connectivity index (χ4n) is 8.75. The largest absolute Gasteiger partial charge is 0.462 e. The summed E-state index contributed by atoms with van der Waals surface area (Å²) in [5.41, 5.74) is 0. The lowest BCUT2D eigenvalue weighted by Crippen LogP contribution is -2.46. The quantitative estimate of drug-likeness (QED) is 0.0321. The molecule has 0 spiro atoms. The van der Waals surface area contributed by atoms with Crippen molar-refractivity contribution in [3.8, 4) is 0 Å². The minimum absolute atomic E-state index is 0.0490. The number of amides is 1. The zero-order valence-corrected chi connectivity index (χ0v) is 45.7. The van der Waals surface area contributed by atoms with E-state index in [-0.39, 0.29) is 24.9 Å². The van der Waals surface area contributed by atoms with E-state index < -0.39 is 18.2 Å². The van der Waals surface area contributed by atoms with Crippen LogP contribution in [0.1, 0.15) is 290 Å². The van der Waals surface area contributed by atoms with Gasteiger partial charge in [-0.3, -0.25) is 9.59 Å². The minimum atomic E-state index is -0.803. The van der Waals surface area contributed by atoms with Crippen molar-refractivity contribution < 1.29 is 24.5 Å². The second kappa shape index (κ2) is 56.2. The number of rotatable bonds is 53. The van der Waals surface area contributed by atoms with Crippen LogP contribution in [-0.4, -0.2) is 46.9 Å². The van der Waals surface area contributed by atoms with Crippen molar-refractivity contribution >= 4 is 11.9 Å². The van der Waals surface area contributed by atoms with Gasteiger partial charge in [0.15, 0.2) is 0 Å². The molecule has 1 amide bonds. The van der Waals surface area contributed by atoms with Crippen LogP contribution in [0.3, 0.4) is 0 Å². The van der Waals surface area contributed by atoms with Crippen LogP contribution in [0.2, 0.25) is 0 Å². The number of esters is 1. The van der Waals surface area contributed by atoms with E-state index in [0.717, 1.165) is 77.0 Å². The van der Waals surface area contributed by atoms with Crippen molar-refractivity contribution in [3.63, 3.8) is 0 Å². The first-order chi connectivity index (χ1) is 34.0. The summed E-state index contributed by atoms with van der Waals surface area (Å²) in [7, 11) is 0. The lowest BCUT2D eigenvalue weighted by atomic mass is 10.0. The molecule has 0 heterocycles. The molecule has 0 aliphatic heterocycles. The molecule has 0 aliphatic carbocycles. The summed E-state index contributed by atoms with van der Waals surface area (Å²) in [5.74, 6) is -0.543. The average Bonchev–Trinajstić information content (AvgIpc) is 3.34. The summed E-state index contributed by atoms with van der Waals surface area (Å²) in [6.07, 6.45) is 72.5. The predicted octanol–water partition coefficient (Wildman–Crippen LogP) is 18.5. The van der Waals surface area contributed by atoms with Gasteiger partial charge in [-0.2, -0.15) is 0 Å². The van der Waals surface area contributed by atoms with Crippen molar-refractivity contribution in [2.45, 2.75) is 309 Å². The lowest BCUT2D eigenvalue weighted by molar-refractivity contribution is -0.151. The number of ether oxygens (including phenoxy) is 1. The third kappa shape index (κ3) is 51.5. The van der Waals surface area contributed by atoms with E-state index in [9.17, 15) is 19.8 Å². The zero-order chi connectivity index (χ0) is 50.2. The molecular weight excluding hydrogens is 851 g/mol. The molecule has 0 fully saturated rings. The third-order valence-corrected chi connectivity index (χ3v) is 13.3. The molecule has 0 rings (SSSR count). The Morgan fingerprint density at radius 3 is 1.14 bits per heavy atom. The monoisotopic (exact) mass is 964 g/mol. The van der Waals surface area contributed by atoms with Gasteiger partial charge >= 0.3 is 5.97 Å². The molecule has 3 atom stereocenters. The SMILES string of the molecule is CCCCC/C=C\C/C=C\C/C=C\C/C=C\CCCC(=O)OC(CCCCCCCCC/C=C\C/C=C\CCCCC)CC(=O)NC(CO)C(O)CCCCCCCCCCCCCCCCCC. The van der Waals surface area contributed by atoms with Gasteiger partial charge in [0.05, 0.1) is 25.2 Å². The van der Waals surface area contributed by atoms with Crippen LogP contribution < -0.4 is 5.32 Å². The highest BCUT2D eigenvalue weighted by Gasteiger charge is 2.24. The summed E-state index contributed by atoms with van der Waals surface area (Å²) in [5, 5.41) is 23.9. The molecule has 69 heavy (non-hydrogen) atoms. The smallest absolute Gasteiger partial charge is 0.306 e. The van der Waals surface area contributed by atoms with E-state index in [0.29, 0.717) is 25.7 Å². The van der Waals surface area contributed by atoms with Gasteiger partial charge in [-0.15, -0.1) is 0 Å². The molecule has 6 heteroatoms. The molecule has 3 unspecified atom stereocenters. The van der Waals surface area contributed by atoms with Gasteiger partial charge in [0.2, 0.25) is 5.91 Å². The normalized spacial score (nSPS) is 13.6. The molecular formula is C63H113NO5. The molecule has 0 radical (unpaired) electrons. The van der Waals surface area contributed by atoms with E-state index in [2.05, 4.69) is 99.0 Å². The topological polar surface area (TPSA) is 95.9 Å². The molecule has 400 valence electrons. The number of carbonyl (C=O) groups excluding carboxylic acids is 2. The number of nitrogens with one attached hydrogen (secondary N) is 1. The molecule has 0 bridgehead atoms. The van der Waals surface area contributed by atoms with Gasteiger partial charge in [-0.05, 0) is 96.3 Å². The second-order valence-corrected chi connectivity index (χ2v) is 20.0. The van der Waals surface area contributed by atoms with Gasteiger partial charge in [-0.1, -0.05) is 254 Å². The summed E-state index contributed by atoms with van der Waals surface area (Å²) in [4.78, 5) is 26.3. The summed E-state index contributed by atoms with van der Waals surface area (Å²) < 4.78 is 5.94. The Bertz CT molecular complexity index is 1270. The maximum Gasteiger partial charge on any atom is 0.306 e. The first kappa shape index (κ1) is 66.3. The van der Waals surface area contributed by atoms with E-state index in [4.69, 9.17) is 4.74 Å². The summed E-state index contributed by atoms with van der Waals surface area (Å²) in [6, 6.07) is -0.719. The highest BCUT2D eigenvalue weighted by Crippen LogP contribution is 2.18. The van der Waals surface area contributed by atoms with Gasteiger partial charge < -0.3 is 20.3 Å². The van der Waals surface area contributed by atoms with Crippen LogP contribution in [0.25, 0.3) is 0 Å². The standard InChI is InChI=1S/C63H113NO5/c1-4-7-10-13-16-19-22-25-28-31-33-36-39-42-45-48-51-54-59(69-63(68)56-53-50-47-44-41-38-35-32-29-26-23-20-17-14-11-8-5-2)57-62(67)64-60(58-65)61(66)55-52-49-46-43-40-37-34-30-27-24-21-18-15-12-9-6-3/h16-17,19-20,25-26,28-29,35,38,44,47,59-61,65-66H,4-15,18,21-24,27,30-34,36-37,39-43,45-46,48-58H2,1-3H3,(H,64,67)/b19-16-,20-17-,28-25-,29-26-,38-35-,47-44-. The van der Waals surface area contributed by atoms with E-state index in [1.54, 1.807) is 0 Å². The fraction of sp³-hybridized carbons (Fsp3) is 0.778. The van der Waals surface area contributed by atoms with Crippen LogP contribution in [-0.2, 0) is 14.3 Å². The van der Waals surface area contributed by atoms with Gasteiger partial charge in [0.1, 0.15) is 6.10 Å². The van der Waals surface area contributed by atoms with E-state index in [1.165, 1.54) is 161 Å². The molecule has 3 N–H and O–H groups in total. The van der Waals surface area contributed by atoms with E-state index >= 15 is 0 Å². The Morgan fingerprint density at radius 1 is 0.420 bits per heavy atom. The first-order valence-corrected chi connectivity index (χ1v) is 29.7. The molecule has 6 nitrogen and oxygen atoms in total. The molecule has 0 aliphatic rings. The molecule has 0 saturated heterocycles. The summed E-state index contributed by atoms with van der Waals surface area (Å²) in [6.45, 7) is 6.44. The number of hydrogen-bond donors (Lipinski definition) is 3. The molecule has 0 aromatic carbocycles. The molecule has 0 aromatic heterocycles. The summed E-state index contributed by atoms with van der Waals surface area (Å²) >= 11 is 0. The molecule has 0 saturated carbocycles. The van der Waals surface area contributed by atoms with Crippen LogP contribution in [0.15, 0.2) is 72.9 Å². The average molecular weight is 965 g/mol. The minimum Gasteiger partial charge on any atom is -0.462 e. The van der Waals surface area contributed by atoms with Crippen LogP contribution in [0.4, 0.5) is 0 Å². The maximum atomic E-state index is 13.3. The fourth-order valence-corrected chi connectivity index (χ4v) is 8.75. The Labute approximate surface area is 428 Å². The number of aliphatic hydroxyl groups excluding tert-OH is 2. The van der Waals surface area contributed by atoms with Crippen molar-refractivity contribution in [2.24, 2.45) is 0 Å². The Hall–Kier alpha value is -2.70. The zero-order valence-electron chi connectivity index (χ0n) is 45.7. The van der Waals surface area contributed by atoms with Gasteiger partial charge in [-0.25, -0.2) is 0 Å². The molecule has 0 aromatic rings. The Kier molecular flexibility index (Phi) is 54.0.